The van der Waals surface area contributed by atoms with Crippen LogP contribution in [0.3, 0.4) is 0 Å². The van der Waals surface area contributed by atoms with E-state index in [9.17, 15) is 0 Å². The summed E-state index contributed by atoms with van der Waals surface area (Å²) in [5.74, 6) is 0. The summed E-state index contributed by atoms with van der Waals surface area (Å²) >= 11 is 1.88. The molecular formula is C57H39NOS. The van der Waals surface area contributed by atoms with Gasteiger partial charge < -0.3 is 9.32 Å². The lowest BCUT2D eigenvalue weighted by atomic mass is 9.82. The molecule has 0 aliphatic heterocycles. The summed E-state index contributed by atoms with van der Waals surface area (Å²) in [6.45, 7) is 4.72. The van der Waals surface area contributed by atoms with Crippen LogP contribution >= 0.6 is 11.3 Å². The van der Waals surface area contributed by atoms with Crippen molar-refractivity contribution in [3.05, 3.63) is 211 Å². The molecule has 0 bridgehead atoms. The van der Waals surface area contributed by atoms with Crippen LogP contribution < -0.4 is 4.90 Å². The summed E-state index contributed by atoms with van der Waals surface area (Å²) in [5.41, 5.74) is 17.8. The van der Waals surface area contributed by atoms with Crippen LogP contribution in [0.5, 0.6) is 0 Å². The Morgan fingerprint density at radius 1 is 0.433 bits per heavy atom. The molecule has 11 aromatic rings. The number of hydrogen-bond donors (Lipinski definition) is 0. The van der Waals surface area contributed by atoms with Gasteiger partial charge in [-0.1, -0.05) is 172 Å². The smallest absolute Gasteiger partial charge is 0.143 e. The zero-order valence-corrected chi connectivity index (χ0v) is 34.1. The van der Waals surface area contributed by atoms with E-state index < -0.39 is 0 Å². The molecule has 2 aromatic heterocycles. The highest BCUT2D eigenvalue weighted by atomic mass is 32.1. The van der Waals surface area contributed by atoms with Crippen molar-refractivity contribution in [1.29, 1.82) is 0 Å². The van der Waals surface area contributed by atoms with E-state index in [-0.39, 0.29) is 5.41 Å². The molecule has 284 valence electrons. The molecule has 12 rings (SSSR count). The quantitative estimate of drug-likeness (QED) is 0.167. The van der Waals surface area contributed by atoms with Crippen molar-refractivity contribution in [2.75, 3.05) is 4.90 Å². The molecule has 60 heavy (non-hydrogen) atoms. The molecule has 0 saturated heterocycles. The number of thiophene rings is 1. The number of furan rings is 1. The summed E-state index contributed by atoms with van der Waals surface area (Å²) in [6, 6.07) is 72.9. The van der Waals surface area contributed by atoms with Gasteiger partial charge in [0.2, 0.25) is 0 Å². The van der Waals surface area contributed by atoms with E-state index in [4.69, 9.17) is 4.42 Å². The molecule has 0 spiro atoms. The summed E-state index contributed by atoms with van der Waals surface area (Å²) in [4.78, 5) is 2.43. The van der Waals surface area contributed by atoms with Crippen molar-refractivity contribution in [2.45, 2.75) is 19.3 Å². The molecule has 0 fully saturated rings. The van der Waals surface area contributed by atoms with Crippen LogP contribution in [-0.4, -0.2) is 0 Å². The summed E-state index contributed by atoms with van der Waals surface area (Å²) in [6.07, 6.45) is 0. The molecule has 0 unspecified atom stereocenters. The maximum absolute atomic E-state index is 6.46. The zero-order chi connectivity index (χ0) is 40.0. The van der Waals surface area contributed by atoms with Crippen LogP contribution in [0.25, 0.3) is 86.6 Å². The fraction of sp³-hybridized carbons (Fsp3) is 0.0526. The third kappa shape index (κ3) is 5.26. The van der Waals surface area contributed by atoms with E-state index in [1.165, 1.54) is 64.7 Å². The van der Waals surface area contributed by atoms with Crippen LogP contribution in [0.1, 0.15) is 25.0 Å². The lowest BCUT2D eigenvalue weighted by Gasteiger charge is -2.26. The largest absolute Gasteiger partial charge is 0.455 e. The Labute approximate surface area is 353 Å². The van der Waals surface area contributed by atoms with Crippen LogP contribution in [0.15, 0.2) is 205 Å². The highest BCUT2D eigenvalue weighted by Crippen LogP contribution is 2.54. The van der Waals surface area contributed by atoms with Gasteiger partial charge in [0.15, 0.2) is 0 Å². The van der Waals surface area contributed by atoms with Crippen molar-refractivity contribution in [1.82, 2.24) is 0 Å². The third-order valence-electron chi connectivity index (χ3n) is 12.7. The van der Waals surface area contributed by atoms with Gasteiger partial charge in [-0.25, -0.2) is 0 Å². The Balaban J connectivity index is 1.03. The fourth-order valence-electron chi connectivity index (χ4n) is 9.84. The number of para-hydroxylation sites is 2. The predicted octanol–water partition coefficient (Wildman–Crippen LogP) is 16.7. The SMILES string of the molecule is CC1(C)c2ccccc2-c2c(-c3cccc4sc5c(N(c6ccc(-c7ccccc7)cc6)c6ccc(-c7cccc8c7oc7ccccc78)cc6)cccc5c34)cccc21. The van der Waals surface area contributed by atoms with Gasteiger partial charge in [-0.3, -0.25) is 0 Å². The summed E-state index contributed by atoms with van der Waals surface area (Å²) in [7, 11) is 0. The average molecular weight is 786 g/mol. The average Bonchev–Trinajstić information content (AvgIpc) is 3.96. The Bertz CT molecular complexity index is 3440. The van der Waals surface area contributed by atoms with E-state index in [1.54, 1.807) is 0 Å². The molecule has 2 nitrogen and oxygen atoms in total. The van der Waals surface area contributed by atoms with Gasteiger partial charge >= 0.3 is 0 Å². The Hall–Kier alpha value is -7.20. The van der Waals surface area contributed by atoms with Gasteiger partial charge in [0.25, 0.3) is 0 Å². The molecule has 0 atom stereocenters. The van der Waals surface area contributed by atoms with Crippen molar-refractivity contribution >= 4 is 70.5 Å². The Morgan fingerprint density at radius 2 is 1.02 bits per heavy atom. The van der Waals surface area contributed by atoms with Crippen molar-refractivity contribution in [2.24, 2.45) is 0 Å². The minimum absolute atomic E-state index is 0.0651. The first-order chi connectivity index (χ1) is 29.5. The van der Waals surface area contributed by atoms with Gasteiger partial charge in [-0.15, -0.1) is 11.3 Å². The molecule has 0 amide bonds. The molecule has 9 aromatic carbocycles. The van der Waals surface area contributed by atoms with Crippen molar-refractivity contribution < 1.29 is 4.42 Å². The van der Waals surface area contributed by atoms with Gasteiger partial charge in [-0.05, 0) is 92.5 Å². The maximum atomic E-state index is 6.46. The second kappa shape index (κ2) is 13.4. The van der Waals surface area contributed by atoms with Crippen molar-refractivity contribution in [3.8, 4) is 44.5 Å². The monoisotopic (exact) mass is 785 g/mol. The van der Waals surface area contributed by atoms with E-state index >= 15 is 0 Å². The maximum Gasteiger partial charge on any atom is 0.143 e. The number of benzene rings is 9. The first-order valence-corrected chi connectivity index (χ1v) is 21.5. The minimum Gasteiger partial charge on any atom is -0.455 e. The number of nitrogens with zero attached hydrogens (tertiary/aromatic N) is 1. The number of anilines is 3. The number of fused-ring (bicyclic) bond motifs is 9. The minimum atomic E-state index is -0.0651. The van der Waals surface area contributed by atoms with Crippen LogP contribution in [0.4, 0.5) is 17.1 Å². The van der Waals surface area contributed by atoms with Gasteiger partial charge in [0, 0.05) is 48.6 Å². The van der Waals surface area contributed by atoms with Gasteiger partial charge in [0.05, 0.1) is 10.4 Å². The van der Waals surface area contributed by atoms with Crippen LogP contribution in [-0.2, 0) is 5.41 Å². The third-order valence-corrected chi connectivity index (χ3v) is 13.9. The molecule has 0 radical (unpaired) electrons. The molecular weight excluding hydrogens is 747 g/mol. The normalized spacial score (nSPS) is 13.0. The van der Waals surface area contributed by atoms with E-state index in [0.717, 1.165) is 50.1 Å². The van der Waals surface area contributed by atoms with Crippen molar-refractivity contribution in [3.63, 3.8) is 0 Å². The van der Waals surface area contributed by atoms with Crippen LogP contribution in [0, 0.1) is 0 Å². The topological polar surface area (TPSA) is 16.4 Å². The van der Waals surface area contributed by atoms with Gasteiger partial charge in [-0.2, -0.15) is 0 Å². The lowest BCUT2D eigenvalue weighted by molar-refractivity contribution is 0.660. The summed E-state index contributed by atoms with van der Waals surface area (Å²) in [5, 5.41) is 4.85. The summed E-state index contributed by atoms with van der Waals surface area (Å²) < 4.78 is 9.01. The van der Waals surface area contributed by atoms with E-state index in [0.29, 0.717) is 0 Å². The number of rotatable bonds is 6. The highest BCUT2D eigenvalue weighted by molar-refractivity contribution is 7.26. The lowest BCUT2D eigenvalue weighted by Crippen LogP contribution is -2.14. The van der Waals surface area contributed by atoms with Crippen LogP contribution in [0.2, 0.25) is 0 Å². The first-order valence-electron chi connectivity index (χ1n) is 20.7. The molecule has 1 aliphatic carbocycles. The fourth-order valence-corrected chi connectivity index (χ4v) is 11.1. The number of hydrogen-bond acceptors (Lipinski definition) is 3. The first kappa shape index (κ1) is 34.8. The predicted molar refractivity (Wildman–Crippen MR) is 255 cm³/mol. The molecule has 2 heterocycles. The zero-order valence-electron chi connectivity index (χ0n) is 33.3. The molecule has 3 heteroatoms. The standard InChI is InChI=1S/C57H39NOS/c1-57(2)48-23-8-6-17-46(48)53-43(19-11-24-49(53)57)44-20-13-27-52-54(44)47-22-12-25-50(56(47)60-52)58(39-32-28-37(29-33-39)36-14-4-3-5-15-36)40-34-30-38(31-35-40)41-18-10-21-45-42-16-7-9-26-51(42)59-55(41)45/h3-35H,1-2H3. The second-order valence-corrected chi connectivity index (χ2v) is 17.5. The molecule has 0 N–H and O–H groups in total. The second-order valence-electron chi connectivity index (χ2n) is 16.4. The van der Waals surface area contributed by atoms with E-state index in [2.05, 4.69) is 207 Å². The van der Waals surface area contributed by atoms with Gasteiger partial charge in [0.1, 0.15) is 11.2 Å². The Morgan fingerprint density at radius 3 is 1.85 bits per heavy atom. The van der Waals surface area contributed by atoms with E-state index in [1.807, 2.05) is 23.5 Å². The highest BCUT2D eigenvalue weighted by Gasteiger charge is 2.37. The molecule has 1 aliphatic rings. The molecule has 0 saturated carbocycles. The Kier molecular flexibility index (Phi) is 7.79.